The first-order valence-corrected chi connectivity index (χ1v) is 6.33. The highest BCUT2D eigenvalue weighted by Gasteiger charge is 2.31. The SMILES string of the molecule is NNc1ccc([N+](=O)[O-])c(C(=O)N2CCOCC2CO)c1. The lowest BCUT2D eigenvalue weighted by Crippen LogP contribution is -2.50. The van der Waals surface area contributed by atoms with Gasteiger partial charge in [-0.25, -0.2) is 0 Å². The Bertz CT molecular complexity index is 550. The van der Waals surface area contributed by atoms with Gasteiger partial charge in [0.15, 0.2) is 0 Å². The van der Waals surface area contributed by atoms with Gasteiger partial charge in [-0.3, -0.25) is 20.8 Å². The summed E-state index contributed by atoms with van der Waals surface area (Å²) in [5.41, 5.74) is 2.36. The average molecular weight is 296 g/mol. The van der Waals surface area contributed by atoms with Crippen molar-refractivity contribution in [2.45, 2.75) is 6.04 Å². The molecule has 1 aliphatic heterocycles. The molecule has 1 amide bonds. The van der Waals surface area contributed by atoms with Crippen molar-refractivity contribution in [1.29, 1.82) is 0 Å². The predicted molar refractivity (Wildman–Crippen MR) is 73.6 cm³/mol. The number of morpholine rings is 1. The number of aliphatic hydroxyl groups excluding tert-OH is 1. The van der Waals surface area contributed by atoms with Crippen LogP contribution in [0.5, 0.6) is 0 Å². The second-order valence-corrected chi connectivity index (χ2v) is 4.54. The van der Waals surface area contributed by atoms with Crippen molar-refractivity contribution in [3.63, 3.8) is 0 Å². The van der Waals surface area contributed by atoms with E-state index in [1.165, 1.54) is 23.1 Å². The highest BCUT2D eigenvalue weighted by molar-refractivity contribution is 5.99. The number of nitrogens with one attached hydrogen (secondary N) is 1. The molecule has 2 rings (SSSR count). The van der Waals surface area contributed by atoms with Gasteiger partial charge in [0.1, 0.15) is 5.56 Å². The molecule has 0 aliphatic carbocycles. The second kappa shape index (κ2) is 6.48. The molecule has 114 valence electrons. The average Bonchev–Trinajstić information content (AvgIpc) is 2.53. The van der Waals surface area contributed by atoms with Crippen LogP contribution >= 0.6 is 0 Å². The summed E-state index contributed by atoms with van der Waals surface area (Å²) in [6.07, 6.45) is 0. The molecular formula is C12H16N4O5. The molecule has 0 spiro atoms. The van der Waals surface area contributed by atoms with Crippen molar-refractivity contribution in [3.8, 4) is 0 Å². The van der Waals surface area contributed by atoms with Gasteiger partial charge in [0.05, 0.1) is 30.8 Å². The van der Waals surface area contributed by atoms with Gasteiger partial charge in [0, 0.05) is 18.3 Å². The first-order chi connectivity index (χ1) is 10.1. The Labute approximate surface area is 120 Å². The Kier molecular flexibility index (Phi) is 4.68. The highest BCUT2D eigenvalue weighted by Crippen LogP contribution is 2.25. The van der Waals surface area contributed by atoms with E-state index in [9.17, 15) is 20.0 Å². The summed E-state index contributed by atoms with van der Waals surface area (Å²) in [5.74, 6) is 4.75. The van der Waals surface area contributed by atoms with Crippen molar-refractivity contribution in [3.05, 3.63) is 33.9 Å². The molecule has 1 unspecified atom stereocenters. The number of rotatable bonds is 4. The molecule has 1 fully saturated rings. The van der Waals surface area contributed by atoms with Crippen molar-refractivity contribution < 1.29 is 19.6 Å². The molecule has 1 aromatic rings. The molecule has 21 heavy (non-hydrogen) atoms. The number of amides is 1. The summed E-state index contributed by atoms with van der Waals surface area (Å²) in [4.78, 5) is 24.4. The number of hydrazine groups is 1. The van der Waals surface area contributed by atoms with Crippen LogP contribution in [0.1, 0.15) is 10.4 Å². The van der Waals surface area contributed by atoms with Crippen LogP contribution in [-0.2, 0) is 4.74 Å². The monoisotopic (exact) mass is 296 g/mol. The number of nitro groups is 1. The third-order valence-corrected chi connectivity index (χ3v) is 3.29. The molecule has 1 aliphatic rings. The summed E-state index contributed by atoms with van der Waals surface area (Å²) in [7, 11) is 0. The number of nitrogens with two attached hydrogens (primary N) is 1. The van der Waals surface area contributed by atoms with Gasteiger partial charge in [0.25, 0.3) is 11.6 Å². The van der Waals surface area contributed by atoms with Crippen molar-refractivity contribution in [2.75, 3.05) is 31.8 Å². The number of hydrogen-bond donors (Lipinski definition) is 3. The van der Waals surface area contributed by atoms with Gasteiger partial charge in [-0.1, -0.05) is 0 Å². The first kappa shape index (κ1) is 15.2. The van der Waals surface area contributed by atoms with Gasteiger partial charge < -0.3 is 20.2 Å². The molecule has 0 saturated carbocycles. The van der Waals surface area contributed by atoms with E-state index in [2.05, 4.69) is 5.43 Å². The third-order valence-electron chi connectivity index (χ3n) is 3.29. The molecule has 9 heteroatoms. The Morgan fingerprint density at radius 3 is 3.00 bits per heavy atom. The smallest absolute Gasteiger partial charge is 0.282 e. The normalized spacial score (nSPS) is 18.4. The van der Waals surface area contributed by atoms with Crippen LogP contribution in [0.2, 0.25) is 0 Å². The Hall–Kier alpha value is -2.23. The maximum absolute atomic E-state index is 12.5. The first-order valence-electron chi connectivity index (χ1n) is 6.33. The number of anilines is 1. The summed E-state index contributed by atoms with van der Waals surface area (Å²) in [5, 5.41) is 20.4. The molecule has 0 bridgehead atoms. The zero-order valence-corrected chi connectivity index (χ0v) is 11.2. The molecule has 9 nitrogen and oxygen atoms in total. The fraction of sp³-hybridized carbons (Fsp3) is 0.417. The molecule has 4 N–H and O–H groups in total. The van der Waals surface area contributed by atoms with E-state index in [1.807, 2.05) is 0 Å². The fourth-order valence-corrected chi connectivity index (χ4v) is 2.18. The minimum atomic E-state index is -0.623. The number of carbonyl (C=O) groups is 1. The largest absolute Gasteiger partial charge is 0.394 e. The van der Waals surface area contributed by atoms with E-state index in [0.29, 0.717) is 12.3 Å². The number of aliphatic hydroxyl groups is 1. The predicted octanol–water partition coefficient (Wildman–Crippen LogP) is -0.286. The quantitative estimate of drug-likeness (QED) is 0.395. The standard InChI is InChI=1S/C12H16N4O5/c13-14-8-1-2-11(16(19)20)10(5-8)12(18)15-3-4-21-7-9(15)6-17/h1-2,5,9,14,17H,3-4,6-7,13H2. The van der Waals surface area contributed by atoms with E-state index < -0.39 is 16.9 Å². The molecule has 1 atom stereocenters. The summed E-state index contributed by atoms with van der Waals surface area (Å²) >= 11 is 0. The minimum absolute atomic E-state index is 0.0733. The molecule has 0 radical (unpaired) electrons. The Balaban J connectivity index is 2.38. The zero-order valence-electron chi connectivity index (χ0n) is 11.2. The van der Waals surface area contributed by atoms with E-state index in [-0.39, 0.29) is 31.0 Å². The topological polar surface area (TPSA) is 131 Å². The lowest BCUT2D eigenvalue weighted by Gasteiger charge is -2.34. The fourth-order valence-electron chi connectivity index (χ4n) is 2.18. The van der Waals surface area contributed by atoms with Gasteiger partial charge in [-0.15, -0.1) is 0 Å². The summed E-state index contributed by atoms with van der Waals surface area (Å²) < 4.78 is 5.19. The zero-order chi connectivity index (χ0) is 15.4. The van der Waals surface area contributed by atoms with Crippen molar-refractivity contribution in [2.24, 2.45) is 5.84 Å². The lowest BCUT2D eigenvalue weighted by molar-refractivity contribution is -0.385. The van der Waals surface area contributed by atoms with Crippen LogP contribution < -0.4 is 11.3 Å². The van der Waals surface area contributed by atoms with Gasteiger partial charge >= 0.3 is 0 Å². The number of ether oxygens (including phenoxy) is 1. The number of benzene rings is 1. The maximum Gasteiger partial charge on any atom is 0.282 e. The summed E-state index contributed by atoms with van der Waals surface area (Å²) in [6.45, 7) is 0.519. The number of nitrogens with zero attached hydrogens (tertiary/aromatic N) is 2. The maximum atomic E-state index is 12.5. The lowest BCUT2D eigenvalue weighted by atomic mass is 10.1. The van der Waals surface area contributed by atoms with Crippen LogP contribution in [0.4, 0.5) is 11.4 Å². The number of hydrogen-bond acceptors (Lipinski definition) is 7. The second-order valence-electron chi connectivity index (χ2n) is 4.54. The van der Waals surface area contributed by atoms with Crippen molar-refractivity contribution >= 4 is 17.3 Å². The van der Waals surface area contributed by atoms with E-state index in [0.717, 1.165) is 0 Å². The molecule has 1 saturated heterocycles. The van der Waals surface area contributed by atoms with Crippen LogP contribution in [0.3, 0.4) is 0 Å². The van der Waals surface area contributed by atoms with Gasteiger partial charge in [-0.05, 0) is 12.1 Å². The van der Waals surface area contributed by atoms with Gasteiger partial charge in [-0.2, -0.15) is 0 Å². The minimum Gasteiger partial charge on any atom is -0.394 e. The summed E-state index contributed by atoms with van der Waals surface area (Å²) in [6, 6.07) is 3.44. The van der Waals surface area contributed by atoms with Crippen LogP contribution in [0, 0.1) is 10.1 Å². The molecular weight excluding hydrogens is 280 g/mol. The van der Waals surface area contributed by atoms with E-state index >= 15 is 0 Å². The van der Waals surface area contributed by atoms with Crippen LogP contribution in [0.15, 0.2) is 18.2 Å². The molecule has 1 aromatic carbocycles. The highest BCUT2D eigenvalue weighted by atomic mass is 16.6. The number of nitrogen functional groups attached to an aromatic ring is 1. The molecule has 0 aromatic heterocycles. The van der Waals surface area contributed by atoms with Crippen LogP contribution in [-0.4, -0.2) is 53.2 Å². The Morgan fingerprint density at radius 1 is 1.62 bits per heavy atom. The number of nitro benzene ring substituents is 1. The third kappa shape index (κ3) is 3.10. The van der Waals surface area contributed by atoms with Crippen LogP contribution in [0.25, 0.3) is 0 Å². The van der Waals surface area contributed by atoms with Crippen molar-refractivity contribution in [1.82, 2.24) is 4.90 Å². The molecule has 1 heterocycles. The van der Waals surface area contributed by atoms with E-state index in [4.69, 9.17) is 10.6 Å². The number of carbonyl (C=O) groups excluding carboxylic acids is 1. The van der Waals surface area contributed by atoms with Gasteiger partial charge in [0.2, 0.25) is 0 Å². The Morgan fingerprint density at radius 2 is 2.38 bits per heavy atom. The van der Waals surface area contributed by atoms with E-state index in [1.54, 1.807) is 0 Å².